The highest BCUT2D eigenvalue weighted by atomic mass is 15.2. The molecule has 0 unspecified atom stereocenters. The van der Waals surface area contributed by atoms with Gasteiger partial charge in [-0.05, 0) is 168 Å². The zero-order chi connectivity index (χ0) is 96.9. The van der Waals surface area contributed by atoms with E-state index >= 15 is 0 Å². The van der Waals surface area contributed by atoms with Crippen molar-refractivity contribution in [2.24, 2.45) is 0 Å². The maximum atomic E-state index is 5.53. The van der Waals surface area contributed by atoms with Crippen LogP contribution in [-0.2, 0) is 0 Å². The quantitative estimate of drug-likeness (QED) is 0.137. The minimum absolute atomic E-state index is 0.643. The van der Waals surface area contributed by atoms with Crippen molar-refractivity contribution in [2.45, 2.75) is 0 Å². The number of aromatic nitrogens is 14. The molecule has 0 amide bonds. The molecule has 0 radical (unpaired) electrons. The Kier molecular flexibility index (Phi) is 18.2. The molecule has 0 aliphatic rings. The van der Waals surface area contributed by atoms with Crippen LogP contribution in [0.1, 0.15) is 0 Å². The van der Waals surface area contributed by atoms with E-state index in [-0.39, 0.29) is 0 Å². The second kappa shape index (κ2) is 32.7. The van der Waals surface area contributed by atoms with Crippen LogP contribution < -0.4 is 0 Å². The van der Waals surface area contributed by atoms with Crippen molar-refractivity contribution in [1.82, 2.24) is 67.3 Å². The molecule has 0 atom stereocenters. The number of nitrogens with zero attached hydrogens (tertiary/aromatic N) is 14. The Bertz CT molecular complexity index is 11400. The Labute approximate surface area is 843 Å². The van der Waals surface area contributed by atoms with Crippen LogP contribution in [0.3, 0.4) is 0 Å². The third-order valence-electron chi connectivity index (χ3n) is 30.5. The molecule has 148 heavy (non-hydrogen) atoms. The van der Waals surface area contributed by atoms with E-state index in [1.165, 1.54) is 80.8 Å². The smallest absolute Gasteiger partial charge is 0.235 e. The zero-order valence-corrected chi connectivity index (χ0v) is 79.4. The van der Waals surface area contributed by atoms with E-state index in [0.717, 1.165) is 203 Å². The third-order valence-corrected chi connectivity index (χ3v) is 30.5. The molecule has 0 aliphatic carbocycles. The molecule has 33 rings (SSSR count). The molecule has 0 bridgehead atoms. The fraction of sp³-hybridized carbons (Fsp3) is 0. The summed E-state index contributed by atoms with van der Waals surface area (Å²) in [7, 11) is 0. The van der Waals surface area contributed by atoms with Crippen molar-refractivity contribution in [2.75, 3.05) is 0 Å². The lowest BCUT2D eigenvalue weighted by Crippen LogP contribution is -2.04. The fourth-order valence-corrected chi connectivity index (χ4v) is 24.5. The highest BCUT2D eigenvalue weighted by Gasteiger charge is 2.32. The monoisotopic (exact) mass is 1880 g/mol. The molecule has 12 aromatic heterocycles. The van der Waals surface area contributed by atoms with Crippen LogP contribution >= 0.6 is 0 Å². The van der Waals surface area contributed by atoms with Crippen molar-refractivity contribution >= 4 is 239 Å². The average molecular weight is 1890 g/mol. The van der Waals surface area contributed by atoms with E-state index in [2.05, 4.69) is 491 Å². The van der Waals surface area contributed by atoms with Crippen LogP contribution in [0, 0.1) is 0 Å². The van der Waals surface area contributed by atoms with Crippen LogP contribution in [0.25, 0.3) is 296 Å². The van der Waals surface area contributed by atoms with Gasteiger partial charge >= 0.3 is 0 Å². The molecular formula is C134H80N14. The zero-order valence-electron chi connectivity index (χ0n) is 79.4. The molecule has 0 N–H and O–H groups in total. The summed E-state index contributed by atoms with van der Waals surface area (Å²) in [4.78, 5) is 41.2. The van der Waals surface area contributed by atoms with Crippen molar-refractivity contribution in [3.63, 3.8) is 0 Å². The van der Waals surface area contributed by atoms with E-state index < -0.39 is 0 Å². The molecule has 0 aliphatic heterocycles. The Morgan fingerprint density at radius 1 is 0.169 bits per heavy atom. The minimum Gasteiger partial charge on any atom is -0.308 e. The lowest BCUT2D eigenvalue weighted by Gasteiger charge is -2.14. The molecule has 14 nitrogen and oxygen atoms in total. The van der Waals surface area contributed by atoms with Gasteiger partial charge in [-0.1, -0.05) is 334 Å². The first-order valence-electron chi connectivity index (χ1n) is 50.1. The Morgan fingerprint density at radius 3 is 0.926 bits per heavy atom. The maximum Gasteiger partial charge on any atom is 0.235 e. The summed E-state index contributed by atoms with van der Waals surface area (Å²) in [6.45, 7) is 0. The normalized spacial score (nSPS) is 12.1. The van der Waals surface area contributed by atoms with Gasteiger partial charge in [0.25, 0.3) is 0 Å². The first-order valence-corrected chi connectivity index (χ1v) is 50.1. The Hall–Kier alpha value is -20.2. The second-order valence-corrected chi connectivity index (χ2v) is 38.2. The van der Waals surface area contributed by atoms with Crippen LogP contribution in [0.15, 0.2) is 486 Å². The lowest BCUT2D eigenvalue weighted by molar-refractivity contribution is 1.02. The van der Waals surface area contributed by atoms with Crippen molar-refractivity contribution in [3.8, 4) is 57.3 Å². The van der Waals surface area contributed by atoms with Gasteiger partial charge in [0, 0.05) is 174 Å². The molecular weight excluding hydrogens is 1810 g/mol. The maximum absolute atomic E-state index is 5.53. The van der Waals surface area contributed by atoms with Crippen LogP contribution in [0.5, 0.6) is 0 Å². The molecule has 21 aromatic carbocycles. The average Bonchev–Trinajstić information content (AvgIpc) is 1.53. The number of fused-ring (bicyclic) bond motifs is 42. The SMILES string of the molecule is c1ccc(-c2nc(-n3c4ccccc4c4c5ccncc5c5c(c6ccccc6n5-c5ccccc5)c43)nc3c2ccc2ccccc23)cc1.c1ccc(-c2nc(-n3c4ccccc4c4c5ccncc5c5c(c6ccccc6n5-c5ccccc5)c43)nc3ccc4ccccc4c23)cc1.c1ccc(-n2c3ccccc3c3c2c2cnccc2c2c4ccccc4n(-c4cc5c6ccccc6c6ccccc6c5cn4)c23)cc1. The number of pyridine rings is 4. The first-order chi connectivity index (χ1) is 73.6. The molecule has 686 valence electrons. The molecule has 0 fully saturated rings. The summed E-state index contributed by atoms with van der Waals surface area (Å²) in [6.07, 6.45) is 13.9. The van der Waals surface area contributed by atoms with Gasteiger partial charge < -0.3 is 13.7 Å². The summed E-state index contributed by atoms with van der Waals surface area (Å²) < 4.78 is 14.2. The van der Waals surface area contributed by atoms with Gasteiger partial charge in [0.15, 0.2) is 0 Å². The molecule has 0 saturated heterocycles. The van der Waals surface area contributed by atoms with E-state index in [9.17, 15) is 0 Å². The number of benzene rings is 21. The van der Waals surface area contributed by atoms with Gasteiger partial charge in [-0.25, -0.2) is 24.9 Å². The summed E-state index contributed by atoms with van der Waals surface area (Å²) in [5, 5.41) is 34.9. The number of hydrogen-bond donors (Lipinski definition) is 0. The Balaban J connectivity index is 0.000000100. The van der Waals surface area contributed by atoms with Gasteiger partial charge in [0.1, 0.15) is 5.82 Å². The second-order valence-electron chi connectivity index (χ2n) is 38.2. The minimum atomic E-state index is 0.643. The standard InChI is InChI=1S/2C45H27N5.C44H26N4/c1-3-14-29(15-4-1)42-40-31-18-8-7-13-28(31)23-24-36(40)47-45(48-42)50-38-22-12-9-19-33(38)39-32-25-26-46-27-35(32)43-41(44(39)50)34-20-10-11-21-37(34)49(43)30-16-5-2-6-17-30;1-3-14-29(15-4-1)41-35-24-23-28-13-7-8-18-31(28)42(35)48-45(47-41)50-38-22-12-9-19-33(38)39-32-25-26-46-27-36(32)43-40(44(39)50)34-20-10-11-21-37(34)49(43)30-16-5-2-6-17-30;1-2-12-27(13-3-1)47-38-20-10-9-19-34(38)42-43(47)37-25-45-23-22-32(37)41-33-18-8-11-21-39(33)48(44(41)42)40-24-35-30-16-6-4-14-28(30)29-15-5-7-17-31(29)36(35)26-46-40/h2*1-27H;1-26H. The largest absolute Gasteiger partial charge is 0.308 e. The number of rotatable bonds is 8. The van der Waals surface area contributed by atoms with Crippen LogP contribution in [0.4, 0.5) is 0 Å². The molecule has 33 aromatic rings. The van der Waals surface area contributed by atoms with E-state index in [0.29, 0.717) is 11.9 Å². The lowest BCUT2D eigenvalue weighted by atomic mass is 9.95. The summed E-state index contributed by atoms with van der Waals surface area (Å²) in [5.41, 5.74) is 22.5. The van der Waals surface area contributed by atoms with Crippen molar-refractivity contribution < 1.29 is 0 Å². The summed E-state index contributed by atoms with van der Waals surface area (Å²) in [5.74, 6) is 2.19. The van der Waals surface area contributed by atoms with Gasteiger partial charge in [-0.2, -0.15) is 0 Å². The number of hydrogen-bond acceptors (Lipinski definition) is 8. The molecule has 0 spiro atoms. The van der Waals surface area contributed by atoms with Crippen molar-refractivity contribution in [3.05, 3.63) is 486 Å². The molecule has 0 saturated carbocycles. The van der Waals surface area contributed by atoms with Gasteiger partial charge in [0.2, 0.25) is 11.9 Å². The third kappa shape index (κ3) is 12.1. The summed E-state index contributed by atoms with van der Waals surface area (Å²) in [6, 6.07) is 157. The van der Waals surface area contributed by atoms with Crippen molar-refractivity contribution in [1.29, 1.82) is 0 Å². The highest BCUT2D eigenvalue weighted by Crippen LogP contribution is 2.53. The predicted octanol–water partition coefficient (Wildman–Crippen LogP) is 33.7. The first kappa shape index (κ1) is 82.5. The fourth-order valence-electron chi connectivity index (χ4n) is 24.5. The Morgan fingerprint density at radius 2 is 0.486 bits per heavy atom. The predicted molar refractivity (Wildman–Crippen MR) is 614 cm³/mol. The van der Waals surface area contributed by atoms with E-state index in [1.807, 2.05) is 37.2 Å². The van der Waals surface area contributed by atoms with Crippen LogP contribution in [-0.4, -0.2) is 67.3 Å². The summed E-state index contributed by atoms with van der Waals surface area (Å²) >= 11 is 0. The number of para-hydroxylation sites is 9. The van der Waals surface area contributed by atoms with Gasteiger partial charge in [-0.15, -0.1) is 0 Å². The van der Waals surface area contributed by atoms with E-state index in [4.69, 9.17) is 24.9 Å². The van der Waals surface area contributed by atoms with Gasteiger partial charge in [-0.3, -0.25) is 28.7 Å². The topological polar surface area (TPSA) is 133 Å². The molecule has 12 heterocycles. The van der Waals surface area contributed by atoms with Crippen LogP contribution in [0.2, 0.25) is 0 Å². The van der Waals surface area contributed by atoms with E-state index in [1.54, 1.807) is 0 Å². The van der Waals surface area contributed by atoms with Gasteiger partial charge in [0.05, 0.1) is 88.6 Å². The highest BCUT2D eigenvalue weighted by molar-refractivity contribution is 6.41. The molecule has 14 heteroatoms.